The van der Waals surface area contributed by atoms with Crippen LogP contribution < -0.4 is 0 Å². The molecule has 2 heterocycles. The molecular weight excluding hydrogens is 348 g/mol. The van der Waals surface area contributed by atoms with Crippen molar-refractivity contribution < 1.29 is 28.8 Å². The third kappa shape index (κ3) is 6.71. The Morgan fingerprint density at radius 2 is 2.00 bits per heavy atom. The van der Waals surface area contributed by atoms with Crippen LogP contribution in [0.2, 0.25) is 0 Å². The van der Waals surface area contributed by atoms with Gasteiger partial charge in [0, 0.05) is 12.0 Å². The first kappa shape index (κ1) is 22.1. The zero-order valence-electron chi connectivity index (χ0n) is 17.1. The van der Waals surface area contributed by atoms with Crippen molar-refractivity contribution in [2.24, 2.45) is 5.92 Å². The quantitative estimate of drug-likeness (QED) is 0.395. The number of hydrogen-bond donors (Lipinski definition) is 1. The lowest BCUT2D eigenvalue weighted by atomic mass is 9.87. The SMILES string of the molecule is CCOC(=O)/C=C(\C)C[C@@H]1OC[C@H](C/C=C\C[C@H](C)O)[C@H]2OC(C)(C)O[C@H]21. The van der Waals surface area contributed by atoms with Crippen LogP contribution in [0.3, 0.4) is 0 Å². The summed E-state index contributed by atoms with van der Waals surface area (Å²) < 4.78 is 23.4. The first-order chi connectivity index (χ1) is 12.7. The summed E-state index contributed by atoms with van der Waals surface area (Å²) in [5.74, 6) is -0.776. The summed E-state index contributed by atoms with van der Waals surface area (Å²) >= 11 is 0. The molecule has 0 aliphatic carbocycles. The van der Waals surface area contributed by atoms with Crippen molar-refractivity contribution in [1.82, 2.24) is 0 Å². The molecule has 6 nitrogen and oxygen atoms in total. The standard InChI is InChI=1S/C21H34O6/c1-6-24-18(23)12-14(2)11-17-20-19(26-21(4,5)27-20)16(13-25-17)10-8-7-9-15(3)22/h7-8,12,15-17,19-20,22H,6,9-11,13H2,1-5H3/b8-7-,14-12+/t15-,16-,17-,19+,20-/m0/s1. The molecule has 0 amide bonds. The molecule has 2 saturated heterocycles. The van der Waals surface area contributed by atoms with E-state index in [2.05, 4.69) is 6.08 Å². The van der Waals surface area contributed by atoms with Crippen LogP contribution in [0.5, 0.6) is 0 Å². The van der Waals surface area contributed by atoms with Crippen LogP contribution in [-0.4, -0.2) is 54.5 Å². The molecule has 0 aromatic heterocycles. The predicted molar refractivity (Wildman–Crippen MR) is 102 cm³/mol. The van der Waals surface area contributed by atoms with Crippen LogP contribution in [0.25, 0.3) is 0 Å². The number of allylic oxidation sites excluding steroid dienone is 1. The Balaban J connectivity index is 2.01. The van der Waals surface area contributed by atoms with E-state index in [0.717, 1.165) is 12.0 Å². The fourth-order valence-electron chi connectivity index (χ4n) is 3.61. The van der Waals surface area contributed by atoms with Gasteiger partial charge in [-0.15, -0.1) is 0 Å². The van der Waals surface area contributed by atoms with Gasteiger partial charge in [0.15, 0.2) is 5.79 Å². The molecule has 2 rings (SSSR count). The Labute approximate surface area is 162 Å². The minimum absolute atomic E-state index is 0.0506. The number of aliphatic hydroxyl groups is 1. The van der Waals surface area contributed by atoms with E-state index in [4.69, 9.17) is 18.9 Å². The predicted octanol–water partition coefficient (Wildman–Crippen LogP) is 3.14. The molecule has 0 saturated carbocycles. The van der Waals surface area contributed by atoms with E-state index in [-0.39, 0.29) is 36.3 Å². The van der Waals surface area contributed by atoms with E-state index in [1.54, 1.807) is 13.8 Å². The molecule has 154 valence electrons. The molecule has 6 heteroatoms. The zero-order valence-corrected chi connectivity index (χ0v) is 17.1. The molecule has 2 aliphatic rings. The van der Waals surface area contributed by atoms with Crippen LogP contribution in [0.1, 0.15) is 53.9 Å². The smallest absolute Gasteiger partial charge is 0.330 e. The molecule has 0 aromatic carbocycles. The van der Waals surface area contributed by atoms with Gasteiger partial charge in [-0.05, 0) is 53.9 Å². The maximum absolute atomic E-state index is 11.7. The Morgan fingerprint density at radius 1 is 1.30 bits per heavy atom. The largest absolute Gasteiger partial charge is 0.463 e. The second kappa shape index (κ2) is 9.82. The molecule has 1 N–H and O–H groups in total. The van der Waals surface area contributed by atoms with Gasteiger partial charge in [-0.3, -0.25) is 0 Å². The monoisotopic (exact) mass is 382 g/mol. The summed E-state index contributed by atoms with van der Waals surface area (Å²) in [6, 6.07) is 0. The van der Waals surface area contributed by atoms with E-state index >= 15 is 0 Å². The summed E-state index contributed by atoms with van der Waals surface area (Å²) in [7, 11) is 0. The highest BCUT2D eigenvalue weighted by atomic mass is 16.8. The van der Waals surface area contributed by atoms with Gasteiger partial charge >= 0.3 is 5.97 Å². The minimum atomic E-state index is -0.651. The third-order valence-electron chi connectivity index (χ3n) is 4.78. The maximum atomic E-state index is 11.7. The van der Waals surface area contributed by atoms with Gasteiger partial charge in [0.05, 0.1) is 31.5 Å². The van der Waals surface area contributed by atoms with Crippen molar-refractivity contribution >= 4 is 5.97 Å². The van der Waals surface area contributed by atoms with Crippen molar-refractivity contribution in [3.8, 4) is 0 Å². The van der Waals surface area contributed by atoms with E-state index in [0.29, 0.717) is 26.1 Å². The van der Waals surface area contributed by atoms with Crippen LogP contribution in [-0.2, 0) is 23.7 Å². The fraction of sp³-hybridized carbons (Fsp3) is 0.762. The lowest BCUT2D eigenvalue weighted by molar-refractivity contribution is -0.153. The first-order valence-corrected chi connectivity index (χ1v) is 9.86. The number of hydrogen-bond acceptors (Lipinski definition) is 6. The van der Waals surface area contributed by atoms with Crippen LogP contribution in [0, 0.1) is 5.92 Å². The number of fused-ring (bicyclic) bond motifs is 1. The topological polar surface area (TPSA) is 74.2 Å². The highest BCUT2D eigenvalue weighted by Crippen LogP contribution is 2.40. The van der Waals surface area contributed by atoms with Crippen LogP contribution in [0.15, 0.2) is 23.8 Å². The third-order valence-corrected chi connectivity index (χ3v) is 4.78. The van der Waals surface area contributed by atoms with Crippen LogP contribution in [0.4, 0.5) is 0 Å². The molecule has 0 bridgehead atoms. The molecule has 0 aromatic rings. The molecule has 0 spiro atoms. The number of carbonyl (C=O) groups is 1. The molecule has 27 heavy (non-hydrogen) atoms. The average molecular weight is 382 g/mol. The molecule has 0 unspecified atom stereocenters. The highest BCUT2D eigenvalue weighted by Gasteiger charge is 2.51. The summed E-state index contributed by atoms with van der Waals surface area (Å²) in [6.45, 7) is 10.3. The Morgan fingerprint density at radius 3 is 2.67 bits per heavy atom. The van der Waals surface area contributed by atoms with Gasteiger partial charge in [-0.1, -0.05) is 17.7 Å². The summed E-state index contributed by atoms with van der Waals surface area (Å²) in [6.07, 6.45) is 6.96. The van der Waals surface area contributed by atoms with Crippen molar-refractivity contribution in [3.63, 3.8) is 0 Å². The second-order valence-electron chi connectivity index (χ2n) is 7.94. The van der Waals surface area contributed by atoms with Gasteiger partial charge in [0.2, 0.25) is 0 Å². The van der Waals surface area contributed by atoms with Gasteiger partial charge in [0.25, 0.3) is 0 Å². The summed E-state index contributed by atoms with van der Waals surface area (Å²) in [5, 5.41) is 9.36. The summed E-state index contributed by atoms with van der Waals surface area (Å²) in [4.78, 5) is 11.7. The Bertz CT molecular complexity index is 551. The molecule has 2 aliphatic heterocycles. The normalized spacial score (nSPS) is 31.7. The minimum Gasteiger partial charge on any atom is -0.463 e. The second-order valence-corrected chi connectivity index (χ2v) is 7.94. The molecular formula is C21H34O6. The van der Waals surface area contributed by atoms with Crippen molar-refractivity contribution in [2.45, 2.75) is 84.1 Å². The Hall–Kier alpha value is -1.21. The number of aliphatic hydroxyl groups excluding tert-OH is 1. The Kier molecular flexibility index (Phi) is 8.04. The number of ether oxygens (including phenoxy) is 4. The average Bonchev–Trinajstić information content (AvgIpc) is 2.88. The number of rotatable bonds is 8. The lowest BCUT2D eigenvalue weighted by Gasteiger charge is -2.37. The van der Waals surface area contributed by atoms with E-state index in [9.17, 15) is 9.90 Å². The molecule has 2 fully saturated rings. The molecule has 0 radical (unpaired) electrons. The van der Waals surface area contributed by atoms with Crippen LogP contribution >= 0.6 is 0 Å². The van der Waals surface area contributed by atoms with E-state index < -0.39 is 5.79 Å². The van der Waals surface area contributed by atoms with E-state index in [1.807, 2.05) is 26.8 Å². The van der Waals surface area contributed by atoms with Gasteiger partial charge in [-0.2, -0.15) is 0 Å². The fourth-order valence-corrected chi connectivity index (χ4v) is 3.61. The van der Waals surface area contributed by atoms with Gasteiger partial charge in [0.1, 0.15) is 6.10 Å². The van der Waals surface area contributed by atoms with Crippen molar-refractivity contribution in [2.75, 3.05) is 13.2 Å². The lowest BCUT2D eigenvalue weighted by Crippen LogP contribution is -2.48. The number of carbonyl (C=O) groups excluding carboxylic acids is 1. The van der Waals surface area contributed by atoms with Crippen molar-refractivity contribution in [1.29, 1.82) is 0 Å². The van der Waals surface area contributed by atoms with E-state index in [1.165, 1.54) is 6.08 Å². The van der Waals surface area contributed by atoms with Crippen molar-refractivity contribution in [3.05, 3.63) is 23.8 Å². The zero-order chi connectivity index (χ0) is 20.0. The van der Waals surface area contributed by atoms with Gasteiger partial charge < -0.3 is 24.1 Å². The number of esters is 1. The molecule has 5 atom stereocenters. The maximum Gasteiger partial charge on any atom is 0.330 e. The summed E-state index contributed by atoms with van der Waals surface area (Å²) in [5.41, 5.74) is 0.904. The first-order valence-electron chi connectivity index (χ1n) is 9.86. The van der Waals surface area contributed by atoms with Gasteiger partial charge in [-0.25, -0.2) is 4.79 Å². The highest BCUT2D eigenvalue weighted by molar-refractivity contribution is 5.82.